The highest BCUT2D eigenvalue weighted by Crippen LogP contribution is 2.30. The van der Waals surface area contributed by atoms with Gasteiger partial charge in [0.05, 0.1) is 17.4 Å². The fourth-order valence-corrected chi connectivity index (χ4v) is 3.20. The Kier molecular flexibility index (Phi) is 4.91. The van der Waals surface area contributed by atoms with Crippen LogP contribution in [0.25, 0.3) is 5.69 Å². The van der Waals surface area contributed by atoms with Gasteiger partial charge in [0.1, 0.15) is 0 Å². The van der Waals surface area contributed by atoms with E-state index in [1.54, 1.807) is 0 Å². The topological polar surface area (TPSA) is 46.9 Å². The van der Waals surface area contributed by atoms with Gasteiger partial charge in [-0.1, -0.05) is 41.9 Å². The first kappa shape index (κ1) is 17.2. The molecule has 1 amide bonds. The number of rotatable bonds is 4. The fourth-order valence-electron chi connectivity index (χ4n) is 3.07. The van der Waals surface area contributed by atoms with Gasteiger partial charge in [-0.3, -0.25) is 4.79 Å². The number of carbonyl (C=O) groups is 1. The average Bonchev–Trinajstić information content (AvgIpc) is 2.89. The highest BCUT2D eigenvalue weighted by Gasteiger charge is 2.24. The van der Waals surface area contributed by atoms with E-state index in [1.807, 2.05) is 73.1 Å². The van der Waals surface area contributed by atoms with E-state index in [0.717, 1.165) is 28.2 Å². The molecular weight excluding hydrogens is 334 g/mol. The lowest BCUT2D eigenvalue weighted by Gasteiger charge is -2.19. The molecule has 3 aromatic rings. The van der Waals surface area contributed by atoms with Crippen LogP contribution < -0.4 is 5.32 Å². The molecule has 0 aliphatic carbocycles. The highest BCUT2D eigenvalue weighted by molar-refractivity contribution is 6.30. The van der Waals surface area contributed by atoms with Crippen LogP contribution in [0.2, 0.25) is 5.02 Å². The third kappa shape index (κ3) is 3.59. The number of halogens is 1. The summed E-state index contributed by atoms with van der Waals surface area (Å²) < 4.78 is 1.91. The van der Waals surface area contributed by atoms with Crippen LogP contribution in [-0.4, -0.2) is 15.7 Å². The summed E-state index contributed by atoms with van der Waals surface area (Å²) in [5, 5.41) is 8.40. The number of hydrogen-bond donors (Lipinski definition) is 1. The molecule has 0 bridgehead atoms. The van der Waals surface area contributed by atoms with Crippen LogP contribution in [0.1, 0.15) is 35.5 Å². The summed E-state index contributed by atoms with van der Waals surface area (Å²) >= 11 is 6.01. The van der Waals surface area contributed by atoms with Crippen molar-refractivity contribution in [1.82, 2.24) is 15.1 Å². The summed E-state index contributed by atoms with van der Waals surface area (Å²) in [5.74, 6) is -0.0915. The summed E-state index contributed by atoms with van der Waals surface area (Å²) in [6.07, 6.45) is 0. The smallest absolute Gasteiger partial charge is 0.217 e. The summed E-state index contributed by atoms with van der Waals surface area (Å²) in [6, 6.07) is 17.2. The fraction of sp³-hybridized carbons (Fsp3) is 0.200. The minimum atomic E-state index is -0.271. The lowest BCUT2D eigenvalue weighted by atomic mass is 9.97. The van der Waals surface area contributed by atoms with Gasteiger partial charge in [-0.25, -0.2) is 4.68 Å². The second-order valence-corrected chi connectivity index (χ2v) is 6.45. The predicted octanol–water partition coefficient (Wildman–Crippen LogP) is 4.37. The maximum atomic E-state index is 11.8. The van der Waals surface area contributed by atoms with Crippen LogP contribution in [0, 0.1) is 13.8 Å². The van der Waals surface area contributed by atoms with Gasteiger partial charge in [0.15, 0.2) is 0 Å². The summed E-state index contributed by atoms with van der Waals surface area (Å²) in [7, 11) is 0. The third-order valence-corrected chi connectivity index (χ3v) is 4.44. The molecule has 25 heavy (non-hydrogen) atoms. The van der Waals surface area contributed by atoms with Gasteiger partial charge in [0.2, 0.25) is 5.91 Å². The zero-order valence-electron chi connectivity index (χ0n) is 14.5. The van der Waals surface area contributed by atoms with Crippen LogP contribution in [-0.2, 0) is 4.79 Å². The van der Waals surface area contributed by atoms with Gasteiger partial charge in [0, 0.05) is 23.2 Å². The minimum Gasteiger partial charge on any atom is -0.345 e. The number of aryl methyl sites for hydroxylation is 1. The Morgan fingerprint density at radius 2 is 1.72 bits per heavy atom. The van der Waals surface area contributed by atoms with Gasteiger partial charge in [-0.2, -0.15) is 5.10 Å². The van der Waals surface area contributed by atoms with Crippen LogP contribution >= 0.6 is 11.6 Å². The van der Waals surface area contributed by atoms with Gasteiger partial charge in [-0.05, 0) is 43.7 Å². The van der Waals surface area contributed by atoms with Gasteiger partial charge in [-0.15, -0.1) is 0 Å². The van der Waals surface area contributed by atoms with Crippen LogP contribution in [0.15, 0.2) is 54.6 Å². The standard InChI is InChI=1S/C20H20ClN3O/c1-13-19(14(2)24(23-13)18-7-5-4-6-8-18)20(22-15(3)25)16-9-11-17(21)12-10-16/h4-12,20H,1-3H3,(H,22,25). The number of benzene rings is 2. The van der Waals surface area contributed by atoms with E-state index >= 15 is 0 Å². The van der Waals surface area contributed by atoms with Crippen LogP contribution in [0.5, 0.6) is 0 Å². The largest absolute Gasteiger partial charge is 0.345 e. The summed E-state index contributed by atoms with van der Waals surface area (Å²) in [6.45, 7) is 5.51. The zero-order valence-corrected chi connectivity index (χ0v) is 15.2. The third-order valence-electron chi connectivity index (χ3n) is 4.19. The molecule has 0 radical (unpaired) electrons. The summed E-state index contributed by atoms with van der Waals surface area (Å²) in [5.41, 5.74) is 4.85. The first-order valence-electron chi connectivity index (χ1n) is 8.11. The van der Waals surface area contributed by atoms with Gasteiger partial charge >= 0.3 is 0 Å². The van der Waals surface area contributed by atoms with Crippen LogP contribution in [0.4, 0.5) is 0 Å². The normalized spacial score (nSPS) is 12.0. The van der Waals surface area contributed by atoms with Crippen molar-refractivity contribution in [3.05, 3.63) is 82.1 Å². The minimum absolute atomic E-state index is 0.0915. The highest BCUT2D eigenvalue weighted by atomic mass is 35.5. The number of nitrogens with zero attached hydrogens (tertiary/aromatic N) is 2. The summed E-state index contributed by atoms with van der Waals surface area (Å²) in [4.78, 5) is 11.8. The van der Waals surface area contributed by atoms with Crippen LogP contribution in [0.3, 0.4) is 0 Å². The van der Waals surface area contributed by atoms with Gasteiger partial charge in [0.25, 0.3) is 0 Å². The van der Waals surface area contributed by atoms with Crippen molar-refractivity contribution in [2.45, 2.75) is 26.8 Å². The van der Waals surface area contributed by atoms with Crippen molar-refractivity contribution in [3.63, 3.8) is 0 Å². The van der Waals surface area contributed by atoms with E-state index in [9.17, 15) is 4.79 Å². The monoisotopic (exact) mass is 353 g/mol. The second kappa shape index (κ2) is 7.11. The quantitative estimate of drug-likeness (QED) is 0.757. The molecule has 0 fully saturated rings. The maximum absolute atomic E-state index is 11.8. The van der Waals surface area contributed by atoms with Crippen molar-refractivity contribution < 1.29 is 4.79 Å². The molecule has 1 unspecified atom stereocenters. The van der Waals surface area contributed by atoms with Gasteiger partial charge < -0.3 is 5.32 Å². The lowest BCUT2D eigenvalue weighted by molar-refractivity contribution is -0.119. The SMILES string of the molecule is CC(=O)NC(c1ccc(Cl)cc1)c1c(C)nn(-c2ccccc2)c1C. The molecule has 128 valence electrons. The van der Waals surface area contributed by atoms with E-state index in [-0.39, 0.29) is 11.9 Å². The second-order valence-electron chi connectivity index (χ2n) is 6.02. The first-order chi connectivity index (χ1) is 12.0. The Bertz CT molecular complexity index is 885. The number of para-hydroxylation sites is 1. The lowest BCUT2D eigenvalue weighted by Crippen LogP contribution is -2.27. The Morgan fingerprint density at radius 1 is 1.08 bits per heavy atom. The van der Waals surface area contributed by atoms with Crippen molar-refractivity contribution in [1.29, 1.82) is 0 Å². The van der Waals surface area contributed by atoms with Crippen molar-refractivity contribution in [2.75, 3.05) is 0 Å². The number of nitrogens with one attached hydrogen (secondary N) is 1. The molecule has 1 N–H and O–H groups in total. The average molecular weight is 354 g/mol. The molecule has 3 rings (SSSR count). The Morgan fingerprint density at radius 3 is 2.32 bits per heavy atom. The predicted molar refractivity (Wildman–Crippen MR) is 100 cm³/mol. The number of carbonyl (C=O) groups excluding carboxylic acids is 1. The number of aromatic nitrogens is 2. The Balaban J connectivity index is 2.12. The molecule has 0 spiro atoms. The first-order valence-corrected chi connectivity index (χ1v) is 8.49. The molecule has 0 aliphatic rings. The Labute approximate surface area is 152 Å². The van der Waals surface area contributed by atoms with Crippen molar-refractivity contribution in [3.8, 4) is 5.69 Å². The van der Waals surface area contributed by atoms with Crippen molar-refractivity contribution in [2.24, 2.45) is 0 Å². The Hall–Kier alpha value is -2.59. The molecule has 1 heterocycles. The number of hydrogen-bond acceptors (Lipinski definition) is 2. The van der Waals surface area contributed by atoms with E-state index in [0.29, 0.717) is 5.02 Å². The zero-order chi connectivity index (χ0) is 18.0. The molecule has 0 saturated carbocycles. The molecule has 4 nitrogen and oxygen atoms in total. The molecule has 2 aromatic carbocycles. The molecular formula is C20H20ClN3O. The molecule has 0 saturated heterocycles. The molecule has 0 aliphatic heterocycles. The van der Waals surface area contributed by atoms with Crippen molar-refractivity contribution >= 4 is 17.5 Å². The molecule has 1 atom stereocenters. The maximum Gasteiger partial charge on any atom is 0.217 e. The number of amides is 1. The molecule has 5 heteroatoms. The van der Waals surface area contributed by atoms with E-state index in [4.69, 9.17) is 16.7 Å². The molecule has 1 aromatic heterocycles. The van der Waals surface area contributed by atoms with E-state index in [1.165, 1.54) is 6.92 Å². The van der Waals surface area contributed by atoms with E-state index < -0.39 is 0 Å². The van der Waals surface area contributed by atoms with E-state index in [2.05, 4.69) is 5.32 Å².